The predicted octanol–water partition coefficient (Wildman–Crippen LogP) is 1.00. The fourth-order valence-corrected chi connectivity index (χ4v) is 2.95. The smallest absolute Gasteiger partial charge is 0.168 e. The maximum atomic E-state index is 6.11. The normalized spacial score (nSPS) is 34.9. The van der Waals surface area contributed by atoms with Crippen molar-refractivity contribution >= 4 is 0 Å². The molecule has 0 aromatic rings. The Morgan fingerprint density at radius 3 is 2.62 bits per heavy atom. The zero-order valence-electron chi connectivity index (χ0n) is 9.82. The molecule has 0 aromatic carbocycles. The molecular formula is C12H21NO3. The van der Waals surface area contributed by atoms with E-state index in [1.807, 2.05) is 0 Å². The lowest BCUT2D eigenvalue weighted by molar-refractivity contribution is -0.164. The maximum absolute atomic E-state index is 6.11. The Hall–Kier alpha value is -0.160. The maximum Gasteiger partial charge on any atom is 0.168 e. The summed E-state index contributed by atoms with van der Waals surface area (Å²) >= 11 is 0. The summed E-state index contributed by atoms with van der Waals surface area (Å²) in [4.78, 5) is 2.42. The van der Waals surface area contributed by atoms with Crippen molar-refractivity contribution in [3.8, 4) is 0 Å². The van der Waals surface area contributed by atoms with Crippen molar-refractivity contribution in [2.24, 2.45) is 0 Å². The van der Waals surface area contributed by atoms with E-state index in [2.05, 4.69) is 4.90 Å². The van der Waals surface area contributed by atoms with Gasteiger partial charge < -0.3 is 14.2 Å². The van der Waals surface area contributed by atoms with Crippen LogP contribution in [0.15, 0.2) is 0 Å². The number of morpholine rings is 1. The first-order valence-corrected chi connectivity index (χ1v) is 6.48. The van der Waals surface area contributed by atoms with E-state index in [9.17, 15) is 0 Å². The Kier molecular flexibility index (Phi) is 3.16. The van der Waals surface area contributed by atoms with Gasteiger partial charge in [0.15, 0.2) is 5.79 Å². The van der Waals surface area contributed by atoms with Crippen molar-refractivity contribution in [3.05, 3.63) is 0 Å². The third-order valence-electron chi connectivity index (χ3n) is 3.84. The Labute approximate surface area is 96.8 Å². The summed E-state index contributed by atoms with van der Waals surface area (Å²) in [6.45, 7) is 5.57. The van der Waals surface area contributed by atoms with Crippen molar-refractivity contribution in [3.63, 3.8) is 0 Å². The number of ether oxygens (including phenoxy) is 3. The van der Waals surface area contributed by atoms with Crippen LogP contribution >= 0.6 is 0 Å². The number of nitrogens with zero attached hydrogens (tertiary/aromatic N) is 1. The van der Waals surface area contributed by atoms with E-state index in [-0.39, 0.29) is 11.9 Å². The third kappa shape index (κ3) is 2.25. The first kappa shape index (κ1) is 11.0. The first-order valence-electron chi connectivity index (χ1n) is 6.48. The molecule has 2 heterocycles. The summed E-state index contributed by atoms with van der Waals surface area (Å²) in [7, 11) is 0. The highest BCUT2D eigenvalue weighted by Crippen LogP contribution is 2.39. The van der Waals surface area contributed by atoms with E-state index in [1.165, 1.54) is 12.8 Å². The molecule has 3 fully saturated rings. The van der Waals surface area contributed by atoms with Crippen LogP contribution in [-0.4, -0.2) is 56.2 Å². The molecule has 0 N–H and O–H groups in total. The molecule has 3 aliphatic rings. The summed E-state index contributed by atoms with van der Waals surface area (Å²) in [6.07, 6.45) is 4.96. The summed E-state index contributed by atoms with van der Waals surface area (Å²) in [5.41, 5.74) is 0. The zero-order valence-corrected chi connectivity index (χ0v) is 9.82. The number of hydrogen-bond donors (Lipinski definition) is 0. The fourth-order valence-electron chi connectivity index (χ4n) is 2.95. The second kappa shape index (κ2) is 4.61. The molecule has 0 amide bonds. The van der Waals surface area contributed by atoms with Gasteiger partial charge in [-0.2, -0.15) is 0 Å². The van der Waals surface area contributed by atoms with Crippen LogP contribution in [-0.2, 0) is 14.2 Å². The molecule has 0 bridgehead atoms. The van der Waals surface area contributed by atoms with Gasteiger partial charge in [0.1, 0.15) is 0 Å². The van der Waals surface area contributed by atoms with Gasteiger partial charge in [-0.15, -0.1) is 0 Å². The lowest BCUT2D eigenvalue weighted by Gasteiger charge is -2.29. The van der Waals surface area contributed by atoms with Crippen LogP contribution in [0.4, 0.5) is 0 Å². The van der Waals surface area contributed by atoms with Gasteiger partial charge in [0.25, 0.3) is 0 Å². The SMILES string of the molecule is C1CCC2(C1)OCC(CN1CCOCC1)O2. The molecule has 2 aliphatic heterocycles. The van der Waals surface area contributed by atoms with Crippen LogP contribution in [0, 0.1) is 0 Å². The van der Waals surface area contributed by atoms with Crippen LogP contribution in [0.1, 0.15) is 25.7 Å². The van der Waals surface area contributed by atoms with Crippen molar-refractivity contribution < 1.29 is 14.2 Å². The highest BCUT2D eigenvalue weighted by molar-refractivity contribution is 4.85. The van der Waals surface area contributed by atoms with E-state index in [0.29, 0.717) is 0 Å². The lowest BCUT2D eigenvalue weighted by atomic mass is 10.2. The summed E-state index contributed by atoms with van der Waals surface area (Å²) in [5, 5.41) is 0. The minimum absolute atomic E-state index is 0.197. The summed E-state index contributed by atoms with van der Waals surface area (Å²) < 4.78 is 17.3. The van der Waals surface area contributed by atoms with Crippen LogP contribution in [0.5, 0.6) is 0 Å². The number of hydrogen-bond acceptors (Lipinski definition) is 4. The average Bonchev–Trinajstić information content (AvgIpc) is 2.92. The molecule has 0 radical (unpaired) electrons. The topological polar surface area (TPSA) is 30.9 Å². The van der Waals surface area contributed by atoms with Crippen LogP contribution in [0.3, 0.4) is 0 Å². The Morgan fingerprint density at radius 2 is 1.88 bits per heavy atom. The predicted molar refractivity (Wildman–Crippen MR) is 59.3 cm³/mol. The quantitative estimate of drug-likeness (QED) is 0.704. The summed E-state index contributed by atoms with van der Waals surface area (Å²) in [6, 6.07) is 0. The summed E-state index contributed by atoms with van der Waals surface area (Å²) in [5.74, 6) is -0.197. The molecule has 4 heteroatoms. The molecule has 1 atom stereocenters. The third-order valence-corrected chi connectivity index (χ3v) is 3.84. The minimum atomic E-state index is -0.197. The molecule has 1 unspecified atom stereocenters. The molecule has 2 saturated heterocycles. The fraction of sp³-hybridized carbons (Fsp3) is 1.00. The van der Waals surface area contributed by atoms with Gasteiger partial charge in [-0.25, -0.2) is 0 Å². The molecule has 0 aromatic heterocycles. The number of rotatable bonds is 2. The van der Waals surface area contributed by atoms with Gasteiger partial charge in [0.05, 0.1) is 25.9 Å². The van der Waals surface area contributed by atoms with E-state index >= 15 is 0 Å². The van der Waals surface area contributed by atoms with Gasteiger partial charge in [-0.1, -0.05) is 0 Å². The lowest BCUT2D eigenvalue weighted by Crippen LogP contribution is -2.42. The molecule has 16 heavy (non-hydrogen) atoms. The van der Waals surface area contributed by atoms with E-state index in [0.717, 1.165) is 52.3 Å². The van der Waals surface area contributed by atoms with Crippen LogP contribution in [0.25, 0.3) is 0 Å². The molecule has 1 saturated carbocycles. The van der Waals surface area contributed by atoms with Crippen molar-refractivity contribution in [1.29, 1.82) is 0 Å². The molecule has 92 valence electrons. The molecular weight excluding hydrogens is 206 g/mol. The van der Waals surface area contributed by atoms with Gasteiger partial charge in [0.2, 0.25) is 0 Å². The zero-order chi connectivity index (χ0) is 10.8. The first-order chi connectivity index (χ1) is 7.86. The average molecular weight is 227 g/mol. The van der Waals surface area contributed by atoms with Crippen molar-refractivity contribution in [2.45, 2.75) is 37.6 Å². The van der Waals surface area contributed by atoms with E-state index in [4.69, 9.17) is 14.2 Å². The van der Waals surface area contributed by atoms with E-state index < -0.39 is 0 Å². The van der Waals surface area contributed by atoms with Crippen LogP contribution in [0.2, 0.25) is 0 Å². The monoisotopic (exact) mass is 227 g/mol. The van der Waals surface area contributed by atoms with Crippen molar-refractivity contribution in [1.82, 2.24) is 4.90 Å². The second-order valence-corrected chi connectivity index (χ2v) is 5.08. The van der Waals surface area contributed by atoms with Gasteiger partial charge in [0, 0.05) is 32.5 Å². The Bertz CT molecular complexity index is 234. The van der Waals surface area contributed by atoms with Crippen LogP contribution < -0.4 is 0 Å². The van der Waals surface area contributed by atoms with Crippen molar-refractivity contribution in [2.75, 3.05) is 39.5 Å². The standard InChI is InChI=1S/C12H21NO3/c1-2-4-12(3-1)15-10-11(16-12)9-13-5-7-14-8-6-13/h11H,1-10H2. The van der Waals surface area contributed by atoms with Gasteiger partial charge in [-0.3, -0.25) is 4.90 Å². The van der Waals surface area contributed by atoms with E-state index in [1.54, 1.807) is 0 Å². The molecule has 1 aliphatic carbocycles. The Balaban J connectivity index is 1.49. The highest BCUT2D eigenvalue weighted by Gasteiger charge is 2.43. The molecule has 1 spiro atoms. The largest absolute Gasteiger partial charge is 0.379 e. The van der Waals surface area contributed by atoms with Gasteiger partial charge >= 0.3 is 0 Å². The second-order valence-electron chi connectivity index (χ2n) is 5.08. The Morgan fingerprint density at radius 1 is 1.12 bits per heavy atom. The highest BCUT2D eigenvalue weighted by atomic mass is 16.7. The molecule has 3 rings (SSSR count). The minimum Gasteiger partial charge on any atom is -0.379 e. The molecule has 4 nitrogen and oxygen atoms in total. The van der Waals surface area contributed by atoms with Gasteiger partial charge in [-0.05, 0) is 12.8 Å².